The maximum Gasteiger partial charge on any atom is 0.261 e. The van der Waals surface area contributed by atoms with Crippen LogP contribution in [0, 0.1) is 6.92 Å². The number of nitrogens with one attached hydrogen (secondary N) is 1. The predicted molar refractivity (Wildman–Crippen MR) is 134 cm³/mol. The normalized spacial score (nSPS) is 14.4. The molecular weight excluding hydrogens is 470 g/mol. The van der Waals surface area contributed by atoms with E-state index >= 15 is 0 Å². The van der Waals surface area contributed by atoms with Gasteiger partial charge in [-0.15, -0.1) is 0 Å². The molecule has 0 saturated carbocycles. The van der Waals surface area contributed by atoms with Gasteiger partial charge in [0.05, 0.1) is 4.90 Å². The second kappa shape index (κ2) is 9.03. The second-order valence-corrected chi connectivity index (χ2v) is 10.7. The van der Waals surface area contributed by atoms with Crippen molar-refractivity contribution in [2.45, 2.75) is 11.8 Å². The summed E-state index contributed by atoms with van der Waals surface area (Å²) in [5.41, 5.74) is 2.89. The predicted octanol–water partition coefficient (Wildman–Crippen LogP) is 3.76. The van der Waals surface area contributed by atoms with E-state index in [-0.39, 0.29) is 10.8 Å². The maximum absolute atomic E-state index is 13.0. The van der Waals surface area contributed by atoms with E-state index in [1.807, 2.05) is 31.2 Å². The average molecular weight is 494 g/mol. The lowest BCUT2D eigenvalue weighted by atomic mass is 10.2. The number of fused-ring (bicyclic) bond motifs is 1. The lowest BCUT2D eigenvalue weighted by molar-refractivity contribution is 0.0746. The van der Waals surface area contributed by atoms with Crippen molar-refractivity contribution in [3.8, 4) is 0 Å². The third kappa shape index (κ3) is 4.59. The molecule has 34 heavy (non-hydrogen) atoms. The smallest absolute Gasteiger partial charge is 0.261 e. The van der Waals surface area contributed by atoms with E-state index in [9.17, 15) is 13.2 Å². The number of rotatable bonds is 5. The van der Waals surface area contributed by atoms with Crippen LogP contribution in [0.25, 0.3) is 10.3 Å². The van der Waals surface area contributed by atoms with Crippen molar-refractivity contribution in [1.29, 1.82) is 0 Å². The third-order valence-corrected chi connectivity index (χ3v) is 8.15. The summed E-state index contributed by atoms with van der Waals surface area (Å²) in [4.78, 5) is 27.0. The number of benzene rings is 2. The van der Waals surface area contributed by atoms with Gasteiger partial charge in [-0.05, 0) is 55.5 Å². The van der Waals surface area contributed by atoms with E-state index in [0.717, 1.165) is 21.0 Å². The van der Waals surface area contributed by atoms with E-state index in [2.05, 4.69) is 19.6 Å². The minimum absolute atomic E-state index is 0.110. The number of carbonyl (C=O) groups is 1. The van der Waals surface area contributed by atoms with E-state index in [0.29, 0.717) is 37.4 Å². The number of aryl methyl sites for hydroxylation is 1. The number of nitrogens with zero attached hydrogens (tertiary/aromatic N) is 4. The number of thiazole rings is 1. The Morgan fingerprint density at radius 3 is 2.35 bits per heavy atom. The standard InChI is InChI=1S/C24H23N5O3S2/c1-17-4-8-19(9-5-17)27-34(31,32)20-10-6-18(7-11-20)23(30)28-13-15-29(16-14-28)24-26-21-3-2-12-25-22(21)33-24/h2-12,27H,13-16H2,1H3. The third-order valence-electron chi connectivity index (χ3n) is 5.71. The van der Waals surface area contributed by atoms with Crippen LogP contribution in [-0.2, 0) is 10.0 Å². The fraction of sp³-hybridized carbons (Fsp3) is 0.208. The monoisotopic (exact) mass is 493 g/mol. The molecule has 1 amide bonds. The Labute approximate surface area is 201 Å². The Balaban J connectivity index is 1.22. The molecule has 0 aliphatic carbocycles. The topological polar surface area (TPSA) is 95.5 Å². The Hall–Kier alpha value is -3.50. The van der Waals surface area contributed by atoms with E-state index in [1.165, 1.54) is 12.1 Å². The Kier molecular flexibility index (Phi) is 5.93. The van der Waals surface area contributed by atoms with Gasteiger partial charge in [-0.1, -0.05) is 29.0 Å². The molecule has 3 heterocycles. The number of sulfonamides is 1. The molecule has 0 bridgehead atoms. The molecule has 5 rings (SSSR count). The van der Waals surface area contributed by atoms with Crippen molar-refractivity contribution in [3.63, 3.8) is 0 Å². The first-order chi connectivity index (χ1) is 16.4. The molecule has 0 unspecified atom stereocenters. The van der Waals surface area contributed by atoms with Gasteiger partial charge < -0.3 is 9.80 Å². The number of pyridine rings is 1. The highest BCUT2D eigenvalue weighted by atomic mass is 32.2. The van der Waals surface area contributed by atoms with Crippen LogP contribution in [0.3, 0.4) is 0 Å². The Morgan fingerprint density at radius 2 is 1.68 bits per heavy atom. The molecular formula is C24H23N5O3S2. The highest BCUT2D eigenvalue weighted by molar-refractivity contribution is 7.92. The van der Waals surface area contributed by atoms with Crippen molar-refractivity contribution in [1.82, 2.24) is 14.9 Å². The zero-order chi connectivity index (χ0) is 23.7. The minimum atomic E-state index is -3.74. The molecule has 1 N–H and O–H groups in total. The van der Waals surface area contributed by atoms with Gasteiger partial charge in [-0.2, -0.15) is 0 Å². The molecule has 8 nitrogen and oxygen atoms in total. The summed E-state index contributed by atoms with van der Waals surface area (Å²) in [6, 6.07) is 17.0. The Bertz CT molecular complexity index is 1390. The molecule has 2 aromatic carbocycles. The van der Waals surface area contributed by atoms with Gasteiger partial charge >= 0.3 is 0 Å². The van der Waals surface area contributed by atoms with Crippen LogP contribution >= 0.6 is 11.3 Å². The summed E-state index contributed by atoms with van der Waals surface area (Å²) < 4.78 is 27.9. The highest BCUT2D eigenvalue weighted by Gasteiger charge is 2.24. The molecule has 0 radical (unpaired) electrons. The summed E-state index contributed by atoms with van der Waals surface area (Å²) in [6.07, 6.45) is 1.76. The molecule has 1 aliphatic heterocycles. The molecule has 10 heteroatoms. The molecule has 1 fully saturated rings. The summed E-state index contributed by atoms with van der Waals surface area (Å²) in [7, 11) is -3.74. The van der Waals surface area contributed by atoms with Crippen molar-refractivity contribution in [2.75, 3.05) is 35.8 Å². The van der Waals surface area contributed by atoms with Gasteiger partial charge in [-0.25, -0.2) is 18.4 Å². The summed E-state index contributed by atoms with van der Waals surface area (Å²) in [6.45, 7) is 4.43. The van der Waals surface area contributed by atoms with Crippen LogP contribution in [-0.4, -0.2) is 55.4 Å². The molecule has 4 aromatic rings. The van der Waals surface area contributed by atoms with Crippen LogP contribution in [0.2, 0.25) is 0 Å². The molecule has 1 aliphatic rings. The minimum Gasteiger partial charge on any atom is -0.344 e. The molecule has 0 spiro atoms. The van der Waals surface area contributed by atoms with Crippen LogP contribution in [0.4, 0.5) is 10.8 Å². The van der Waals surface area contributed by atoms with Gasteiger partial charge in [0.25, 0.3) is 15.9 Å². The van der Waals surface area contributed by atoms with Crippen molar-refractivity contribution in [2.24, 2.45) is 0 Å². The van der Waals surface area contributed by atoms with E-state index in [4.69, 9.17) is 0 Å². The number of piperazine rings is 1. The number of aromatic nitrogens is 2. The van der Waals surface area contributed by atoms with Crippen molar-refractivity contribution >= 4 is 48.4 Å². The fourth-order valence-electron chi connectivity index (χ4n) is 3.79. The lowest BCUT2D eigenvalue weighted by Crippen LogP contribution is -2.48. The van der Waals surface area contributed by atoms with Crippen molar-refractivity contribution in [3.05, 3.63) is 78.0 Å². The quantitative estimate of drug-likeness (QED) is 0.455. The largest absolute Gasteiger partial charge is 0.344 e. The highest BCUT2D eigenvalue weighted by Crippen LogP contribution is 2.28. The summed E-state index contributed by atoms with van der Waals surface area (Å²) >= 11 is 1.55. The van der Waals surface area contributed by atoms with Gasteiger partial charge in [0.1, 0.15) is 10.3 Å². The van der Waals surface area contributed by atoms with Crippen LogP contribution in [0.5, 0.6) is 0 Å². The lowest BCUT2D eigenvalue weighted by Gasteiger charge is -2.34. The number of amides is 1. The van der Waals surface area contributed by atoms with E-state index < -0.39 is 10.0 Å². The van der Waals surface area contributed by atoms with E-state index in [1.54, 1.807) is 46.7 Å². The van der Waals surface area contributed by atoms with Crippen molar-refractivity contribution < 1.29 is 13.2 Å². The van der Waals surface area contributed by atoms with Gasteiger partial charge in [0.2, 0.25) is 0 Å². The Morgan fingerprint density at radius 1 is 0.971 bits per heavy atom. The number of anilines is 2. The van der Waals surface area contributed by atoms with Crippen LogP contribution < -0.4 is 9.62 Å². The number of hydrogen-bond acceptors (Lipinski definition) is 7. The van der Waals surface area contributed by atoms with Crippen LogP contribution in [0.1, 0.15) is 15.9 Å². The zero-order valence-corrected chi connectivity index (χ0v) is 20.1. The first kappa shape index (κ1) is 22.3. The molecule has 1 saturated heterocycles. The SMILES string of the molecule is Cc1ccc(NS(=O)(=O)c2ccc(C(=O)N3CCN(c4nc5cccnc5s4)CC3)cc2)cc1. The summed E-state index contributed by atoms with van der Waals surface area (Å²) in [5, 5.41) is 0.913. The van der Waals surface area contributed by atoms with Gasteiger partial charge in [-0.3, -0.25) is 9.52 Å². The fourth-order valence-corrected chi connectivity index (χ4v) is 5.81. The van der Waals surface area contributed by atoms with Gasteiger partial charge in [0.15, 0.2) is 5.13 Å². The summed E-state index contributed by atoms with van der Waals surface area (Å²) in [5.74, 6) is -0.110. The molecule has 174 valence electrons. The number of carbonyl (C=O) groups excluding carboxylic acids is 1. The first-order valence-corrected chi connectivity index (χ1v) is 13.1. The molecule has 0 atom stereocenters. The van der Waals surface area contributed by atoms with Gasteiger partial charge in [0, 0.05) is 43.6 Å². The maximum atomic E-state index is 13.0. The first-order valence-electron chi connectivity index (χ1n) is 10.8. The second-order valence-electron chi connectivity index (χ2n) is 8.10. The average Bonchev–Trinajstić information content (AvgIpc) is 3.29. The van der Waals surface area contributed by atoms with Crippen LogP contribution in [0.15, 0.2) is 71.8 Å². The number of hydrogen-bond donors (Lipinski definition) is 1. The zero-order valence-electron chi connectivity index (χ0n) is 18.5. The molecule has 2 aromatic heterocycles.